The van der Waals surface area contributed by atoms with Crippen molar-refractivity contribution in [1.29, 1.82) is 0 Å². The first-order valence-corrected chi connectivity index (χ1v) is 9.11. The number of likely N-dealkylation sites (N-methyl/N-ethyl adjacent to an activating group) is 2. The molecular formula is C18H25N5O4. The lowest BCUT2D eigenvalue weighted by molar-refractivity contribution is -0.136. The molecule has 0 aromatic carbocycles. The number of aliphatic imine (C=N–C) groups is 1. The van der Waals surface area contributed by atoms with Crippen molar-refractivity contribution in [3.05, 3.63) is 24.2 Å². The third-order valence-electron chi connectivity index (χ3n) is 4.90. The lowest BCUT2D eigenvalue weighted by atomic mass is 10.1. The Labute approximate surface area is 158 Å². The topological polar surface area (TPSA) is 98.5 Å². The van der Waals surface area contributed by atoms with Gasteiger partial charge in [-0.25, -0.2) is 9.79 Å². The average molecular weight is 375 g/mol. The number of nitrogens with zero attached hydrogens (tertiary/aromatic N) is 4. The molecule has 27 heavy (non-hydrogen) atoms. The van der Waals surface area contributed by atoms with Gasteiger partial charge in [0.1, 0.15) is 5.76 Å². The minimum Gasteiger partial charge on any atom is -0.469 e. The van der Waals surface area contributed by atoms with E-state index in [9.17, 15) is 14.4 Å². The number of aryl methyl sites for hydroxylation is 1. The first-order chi connectivity index (χ1) is 13.0. The van der Waals surface area contributed by atoms with Gasteiger partial charge in [0.15, 0.2) is 12.2 Å². The van der Waals surface area contributed by atoms with Crippen LogP contribution in [0.3, 0.4) is 0 Å². The number of carbonyl (C=O) groups excluding carboxylic acids is 3. The highest BCUT2D eigenvalue weighted by Crippen LogP contribution is 2.24. The molecule has 0 spiro atoms. The van der Waals surface area contributed by atoms with E-state index in [1.807, 2.05) is 17.0 Å². The minimum absolute atomic E-state index is 0.0125. The van der Waals surface area contributed by atoms with Gasteiger partial charge in [-0.3, -0.25) is 14.5 Å². The number of imide groups is 1. The molecule has 9 heteroatoms. The molecule has 2 atom stereocenters. The van der Waals surface area contributed by atoms with E-state index < -0.39 is 12.2 Å². The first-order valence-electron chi connectivity index (χ1n) is 9.11. The summed E-state index contributed by atoms with van der Waals surface area (Å²) < 4.78 is 5.25. The van der Waals surface area contributed by atoms with Crippen LogP contribution in [0, 0.1) is 0 Å². The van der Waals surface area contributed by atoms with Crippen LogP contribution < -0.4 is 5.32 Å². The number of fused-ring (bicyclic) bond motifs is 1. The number of urea groups is 1. The molecule has 1 aromatic heterocycles. The molecule has 1 saturated heterocycles. The van der Waals surface area contributed by atoms with Crippen molar-refractivity contribution >= 4 is 24.2 Å². The van der Waals surface area contributed by atoms with Gasteiger partial charge in [-0.15, -0.1) is 0 Å². The van der Waals surface area contributed by atoms with E-state index in [1.54, 1.807) is 19.6 Å². The van der Waals surface area contributed by atoms with Crippen LogP contribution in [-0.2, 0) is 16.0 Å². The van der Waals surface area contributed by atoms with Crippen molar-refractivity contribution in [1.82, 2.24) is 20.0 Å². The fourth-order valence-corrected chi connectivity index (χ4v) is 3.35. The van der Waals surface area contributed by atoms with Crippen LogP contribution in [-0.4, -0.2) is 78.3 Å². The summed E-state index contributed by atoms with van der Waals surface area (Å²) in [5.74, 6) is 0.641. The molecule has 4 amide bonds. The molecule has 1 N–H and O–H groups in total. The molecule has 146 valence electrons. The van der Waals surface area contributed by atoms with Crippen LogP contribution in [0.15, 0.2) is 27.8 Å². The van der Waals surface area contributed by atoms with E-state index in [0.717, 1.165) is 23.5 Å². The van der Waals surface area contributed by atoms with Gasteiger partial charge in [0.05, 0.1) is 12.6 Å². The Hall–Kier alpha value is -2.84. The Morgan fingerprint density at radius 1 is 1.30 bits per heavy atom. The highest BCUT2D eigenvalue weighted by molar-refractivity contribution is 6.01. The van der Waals surface area contributed by atoms with Crippen molar-refractivity contribution < 1.29 is 18.8 Å². The summed E-state index contributed by atoms with van der Waals surface area (Å²) in [6.45, 7) is 1.14. The Balaban J connectivity index is 1.37. The largest absolute Gasteiger partial charge is 0.469 e. The predicted octanol–water partition coefficient (Wildman–Crippen LogP) is 0.671. The Bertz CT molecular complexity index is 717. The molecular weight excluding hydrogens is 350 g/mol. The maximum atomic E-state index is 12.4. The second-order valence-corrected chi connectivity index (χ2v) is 6.79. The molecule has 2 aliphatic heterocycles. The third kappa shape index (κ3) is 4.12. The standard InChI is InChI=1S/C18H25N5O4/c1-21-16-15(17(25)22(2)18(21)26)23(12-20-16)10-4-8-14(24)19-9-3-6-13-7-5-11-27-13/h5,7,11-12,15-16H,3-4,6,8-10H2,1-2H3,(H,19,24). The van der Waals surface area contributed by atoms with Crippen LogP contribution >= 0.6 is 0 Å². The van der Waals surface area contributed by atoms with Gasteiger partial charge in [0.25, 0.3) is 5.91 Å². The molecule has 0 aliphatic carbocycles. The first kappa shape index (κ1) is 18.9. The molecule has 9 nitrogen and oxygen atoms in total. The number of rotatable bonds is 8. The number of nitrogens with one attached hydrogen (secondary N) is 1. The van der Waals surface area contributed by atoms with Gasteiger partial charge < -0.3 is 19.5 Å². The van der Waals surface area contributed by atoms with E-state index >= 15 is 0 Å². The molecule has 0 bridgehead atoms. The normalized spacial score (nSPS) is 21.8. The van der Waals surface area contributed by atoms with Crippen molar-refractivity contribution in [3.63, 3.8) is 0 Å². The molecule has 2 unspecified atom stereocenters. The average Bonchev–Trinajstić information content (AvgIpc) is 3.32. The Morgan fingerprint density at radius 2 is 2.11 bits per heavy atom. The van der Waals surface area contributed by atoms with Gasteiger partial charge in [0, 0.05) is 40.0 Å². The maximum Gasteiger partial charge on any atom is 0.328 e. The van der Waals surface area contributed by atoms with Crippen LogP contribution in [0.1, 0.15) is 25.0 Å². The van der Waals surface area contributed by atoms with Crippen molar-refractivity contribution in [2.45, 2.75) is 37.9 Å². The number of carbonyl (C=O) groups is 3. The number of amides is 4. The van der Waals surface area contributed by atoms with Crippen LogP contribution in [0.2, 0.25) is 0 Å². The fourth-order valence-electron chi connectivity index (χ4n) is 3.35. The van der Waals surface area contributed by atoms with Crippen molar-refractivity contribution in [2.24, 2.45) is 4.99 Å². The smallest absolute Gasteiger partial charge is 0.328 e. The summed E-state index contributed by atoms with van der Waals surface area (Å²) in [6, 6.07) is 2.91. The quantitative estimate of drug-likeness (QED) is 0.674. The summed E-state index contributed by atoms with van der Waals surface area (Å²) in [7, 11) is 3.12. The fraction of sp³-hybridized carbons (Fsp3) is 0.556. The van der Waals surface area contributed by atoms with Gasteiger partial charge in [-0.2, -0.15) is 0 Å². The van der Waals surface area contributed by atoms with Crippen LogP contribution in [0.4, 0.5) is 4.79 Å². The Kier molecular flexibility index (Phi) is 5.78. The maximum absolute atomic E-state index is 12.4. The summed E-state index contributed by atoms with van der Waals surface area (Å²) in [4.78, 5) is 45.0. The number of hydrogen-bond acceptors (Lipinski definition) is 6. The van der Waals surface area contributed by atoms with Crippen LogP contribution in [0.25, 0.3) is 0 Å². The van der Waals surface area contributed by atoms with Gasteiger partial charge in [-0.1, -0.05) is 0 Å². The van der Waals surface area contributed by atoms with Crippen molar-refractivity contribution in [2.75, 3.05) is 27.2 Å². The van der Waals surface area contributed by atoms with E-state index in [1.165, 1.54) is 11.9 Å². The molecule has 3 heterocycles. The van der Waals surface area contributed by atoms with E-state index in [4.69, 9.17) is 4.42 Å². The SMILES string of the molecule is CN1C(=O)C2C(N=CN2CCCC(=O)NCCCc2ccco2)N(C)C1=O. The summed E-state index contributed by atoms with van der Waals surface area (Å²) >= 11 is 0. The monoisotopic (exact) mass is 375 g/mol. The number of furan rings is 1. The highest BCUT2D eigenvalue weighted by atomic mass is 16.3. The zero-order valence-corrected chi connectivity index (χ0v) is 15.6. The van der Waals surface area contributed by atoms with E-state index in [-0.39, 0.29) is 17.8 Å². The highest BCUT2D eigenvalue weighted by Gasteiger charge is 2.48. The van der Waals surface area contributed by atoms with Gasteiger partial charge >= 0.3 is 6.03 Å². The molecule has 0 radical (unpaired) electrons. The second-order valence-electron chi connectivity index (χ2n) is 6.79. The molecule has 1 aromatic rings. The predicted molar refractivity (Wildman–Crippen MR) is 98.0 cm³/mol. The molecule has 0 saturated carbocycles. The lowest BCUT2D eigenvalue weighted by Crippen LogP contribution is -2.63. The minimum atomic E-state index is -0.506. The second kappa shape index (κ2) is 8.24. The third-order valence-corrected chi connectivity index (χ3v) is 4.90. The van der Waals surface area contributed by atoms with Gasteiger partial charge in [-0.05, 0) is 25.0 Å². The number of hydrogen-bond donors (Lipinski definition) is 1. The lowest BCUT2D eigenvalue weighted by Gasteiger charge is -2.39. The Morgan fingerprint density at radius 3 is 2.85 bits per heavy atom. The van der Waals surface area contributed by atoms with Crippen molar-refractivity contribution in [3.8, 4) is 0 Å². The van der Waals surface area contributed by atoms with Gasteiger partial charge in [0.2, 0.25) is 5.91 Å². The molecule has 2 aliphatic rings. The summed E-state index contributed by atoms with van der Waals surface area (Å²) in [5.41, 5.74) is 0. The summed E-state index contributed by atoms with van der Waals surface area (Å²) in [5, 5.41) is 2.89. The molecule has 3 rings (SSSR count). The zero-order valence-electron chi connectivity index (χ0n) is 15.6. The van der Waals surface area contributed by atoms with Crippen LogP contribution in [0.5, 0.6) is 0 Å². The summed E-state index contributed by atoms with van der Waals surface area (Å²) in [6.07, 6.45) is 5.36. The van der Waals surface area contributed by atoms with E-state index in [0.29, 0.717) is 25.9 Å². The molecule has 1 fully saturated rings. The zero-order chi connectivity index (χ0) is 19.4. The van der Waals surface area contributed by atoms with E-state index in [2.05, 4.69) is 10.3 Å².